The third kappa shape index (κ3) is 3.19. The Hall–Kier alpha value is -1.40. The zero-order valence-electron chi connectivity index (χ0n) is 11.9. The molecule has 0 bridgehead atoms. The number of carbonyl (C=O) groups is 2. The van der Waals surface area contributed by atoms with Gasteiger partial charge in [0.25, 0.3) is 5.91 Å². The SMILES string of the molecule is CC(=O)Nc1sc2c(c1C(=O)NCCN)CCC(C)C2. The summed E-state index contributed by atoms with van der Waals surface area (Å²) in [6.45, 7) is 4.53. The van der Waals surface area contributed by atoms with Gasteiger partial charge in [-0.15, -0.1) is 11.3 Å². The molecule has 110 valence electrons. The van der Waals surface area contributed by atoms with Crippen LogP contribution >= 0.6 is 11.3 Å². The van der Waals surface area contributed by atoms with Crippen molar-refractivity contribution in [1.29, 1.82) is 0 Å². The lowest BCUT2D eigenvalue weighted by molar-refractivity contribution is -0.114. The minimum atomic E-state index is -0.149. The largest absolute Gasteiger partial charge is 0.351 e. The summed E-state index contributed by atoms with van der Waals surface area (Å²) in [6.07, 6.45) is 2.97. The second-order valence-corrected chi connectivity index (χ2v) is 6.39. The van der Waals surface area contributed by atoms with Gasteiger partial charge in [-0.2, -0.15) is 0 Å². The van der Waals surface area contributed by atoms with Crippen molar-refractivity contribution >= 4 is 28.2 Å². The van der Waals surface area contributed by atoms with Crippen LogP contribution in [0, 0.1) is 5.92 Å². The Labute approximate surface area is 122 Å². The average molecular weight is 295 g/mol. The summed E-state index contributed by atoms with van der Waals surface area (Å²) >= 11 is 1.53. The van der Waals surface area contributed by atoms with Crippen molar-refractivity contribution in [1.82, 2.24) is 5.32 Å². The molecular formula is C14H21N3O2S. The Balaban J connectivity index is 2.35. The highest BCUT2D eigenvalue weighted by Gasteiger charge is 2.27. The highest BCUT2D eigenvalue weighted by molar-refractivity contribution is 7.17. The van der Waals surface area contributed by atoms with Gasteiger partial charge in [-0.25, -0.2) is 0 Å². The molecule has 6 heteroatoms. The van der Waals surface area contributed by atoms with Crippen molar-refractivity contribution in [2.45, 2.75) is 33.1 Å². The van der Waals surface area contributed by atoms with E-state index < -0.39 is 0 Å². The molecule has 2 amide bonds. The molecule has 0 fully saturated rings. The second-order valence-electron chi connectivity index (χ2n) is 5.28. The van der Waals surface area contributed by atoms with Gasteiger partial charge in [0.1, 0.15) is 5.00 Å². The number of amides is 2. The van der Waals surface area contributed by atoms with E-state index >= 15 is 0 Å². The molecule has 0 spiro atoms. The van der Waals surface area contributed by atoms with Crippen LogP contribution in [0.4, 0.5) is 5.00 Å². The summed E-state index contributed by atoms with van der Waals surface area (Å²) in [5.74, 6) is 0.349. The van der Waals surface area contributed by atoms with Gasteiger partial charge in [-0.1, -0.05) is 6.92 Å². The van der Waals surface area contributed by atoms with Gasteiger partial charge in [-0.05, 0) is 30.7 Å². The van der Waals surface area contributed by atoms with Gasteiger partial charge in [0.15, 0.2) is 0 Å². The van der Waals surface area contributed by atoms with Crippen molar-refractivity contribution in [3.63, 3.8) is 0 Å². The van der Waals surface area contributed by atoms with Gasteiger partial charge in [0.05, 0.1) is 5.56 Å². The fraction of sp³-hybridized carbons (Fsp3) is 0.571. The van der Waals surface area contributed by atoms with E-state index in [1.807, 2.05) is 0 Å². The monoisotopic (exact) mass is 295 g/mol. The quantitative estimate of drug-likeness (QED) is 0.787. The van der Waals surface area contributed by atoms with Crippen LogP contribution in [0.25, 0.3) is 0 Å². The molecule has 0 aliphatic heterocycles. The molecule has 1 unspecified atom stereocenters. The number of carbonyl (C=O) groups excluding carboxylic acids is 2. The molecule has 1 aromatic rings. The summed E-state index contributed by atoms with van der Waals surface area (Å²) in [4.78, 5) is 24.9. The standard InChI is InChI=1S/C14H21N3O2S/c1-8-3-4-10-11(7-8)20-14(17-9(2)18)12(10)13(19)16-6-5-15/h8H,3-7,15H2,1-2H3,(H,16,19)(H,17,18). The number of thiophene rings is 1. The Morgan fingerprint density at radius 1 is 1.45 bits per heavy atom. The minimum Gasteiger partial charge on any atom is -0.351 e. The molecular weight excluding hydrogens is 274 g/mol. The molecule has 0 saturated carbocycles. The average Bonchev–Trinajstić information content (AvgIpc) is 2.71. The smallest absolute Gasteiger partial charge is 0.254 e. The Bertz CT molecular complexity index is 525. The van der Waals surface area contributed by atoms with E-state index in [9.17, 15) is 9.59 Å². The summed E-state index contributed by atoms with van der Waals surface area (Å²) in [6, 6.07) is 0. The highest BCUT2D eigenvalue weighted by Crippen LogP contribution is 2.39. The number of anilines is 1. The first-order valence-electron chi connectivity index (χ1n) is 6.93. The van der Waals surface area contributed by atoms with E-state index in [1.54, 1.807) is 0 Å². The molecule has 1 atom stereocenters. The summed E-state index contributed by atoms with van der Waals surface area (Å²) in [5, 5.41) is 6.26. The van der Waals surface area contributed by atoms with Crippen molar-refractivity contribution < 1.29 is 9.59 Å². The van der Waals surface area contributed by atoms with Crippen LogP contribution in [0.2, 0.25) is 0 Å². The van der Waals surface area contributed by atoms with E-state index in [2.05, 4.69) is 17.6 Å². The third-order valence-corrected chi connectivity index (χ3v) is 4.63. The van der Waals surface area contributed by atoms with E-state index in [0.29, 0.717) is 29.6 Å². The van der Waals surface area contributed by atoms with E-state index in [1.165, 1.54) is 23.1 Å². The molecule has 1 aliphatic rings. The van der Waals surface area contributed by atoms with E-state index in [4.69, 9.17) is 5.73 Å². The molecule has 1 aromatic heterocycles. The summed E-state index contributed by atoms with van der Waals surface area (Å²) in [7, 11) is 0. The molecule has 1 heterocycles. The van der Waals surface area contributed by atoms with Gasteiger partial charge in [0, 0.05) is 24.9 Å². The number of fused-ring (bicyclic) bond motifs is 1. The maximum atomic E-state index is 12.3. The third-order valence-electron chi connectivity index (χ3n) is 3.46. The number of hydrogen-bond acceptors (Lipinski definition) is 4. The van der Waals surface area contributed by atoms with E-state index in [0.717, 1.165) is 24.8 Å². The number of nitrogens with one attached hydrogen (secondary N) is 2. The minimum absolute atomic E-state index is 0.133. The number of rotatable bonds is 4. The first-order valence-corrected chi connectivity index (χ1v) is 7.75. The van der Waals surface area contributed by atoms with Crippen molar-refractivity contribution in [3.8, 4) is 0 Å². The molecule has 1 aliphatic carbocycles. The maximum absolute atomic E-state index is 12.3. The first-order chi connectivity index (χ1) is 9.52. The molecule has 0 saturated heterocycles. The maximum Gasteiger partial charge on any atom is 0.254 e. The normalized spacial score (nSPS) is 17.4. The van der Waals surface area contributed by atoms with Crippen LogP contribution in [0.3, 0.4) is 0 Å². The van der Waals surface area contributed by atoms with Crippen LogP contribution in [-0.4, -0.2) is 24.9 Å². The van der Waals surface area contributed by atoms with Crippen molar-refractivity contribution in [2.75, 3.05) is 18.4 Å². The Kier molecular flexibility index (Phi) is 4.77. The zero-order chi connectivity index (χ0) is 14.7. The molecule has 5 nitrogen and oxygen atoms in total. The van der Waals surface area contributed by atoms with Crippen molar-refractivity contribution in [2.24, 2.45) is 11.7 Å². The van der Waals surface area contributed by atoms with Crippen LogP contribution in [0.5, 0.6) is 0 Å². The first kappa shape index (κ1) is 15.0. The molecule has 0 aromatic carbocycles. The van der Waals surface area contributed by atoms with Gasteiger partial charge < -0.3 is 16.4 Å². The van der Waals surface area contributed by atoms with Crippen LogP contribution < -0.4 is 16.4 Å². The number of hydrogen-bond donors (Lipinski definition) is 3. The lowest BCUT2D eigenvalue weighted by Gasteiger charge is -2.18. The fourth-order valence-corrected chi connectivity index (χ4v) is 3.97. The van der Waals surface area contributed by atoms with E-state index in [-0.39, 0.29) is 11.8 Å². The van der Waals surface area contributed by atoms with Gasteiger partial charge in [-0.3, -0.25) is 9.59 Å². The van der Waals surface area contributed by atoms with Crippen LogP contribution in [0.15, 0.2) is 0 Å². The van der Waals surface area contributed by atoms with Crippen molar-refractivity contribution in [3.05, 3.63) is 16.0 Å². The fourth-order valence-electron chi connectivity index (χ4n) is 2.51. The molecule has 2 rings (SSSR count). The zero-order valence-corrected chi connectivity index (χ0v) is 12.7. The Morgan fingerprint density at radius 3 is 2.85 bits per heavy atom. The second kappa shape index (κ2) is 6.37. The topological polar surface area (TPSA) is 84.2 Å². The lowest BCUT2D eigenvalue weighted by Crippen LogP contribution is -2.30. The lowest BCUT2D eigenvalue weighted by atomic mass is 9.88. The number of nitrogens with two attached hydrogens (primary N) is 1. The molecule has 0 radical (unpaired) electrons. The molecule has 20 heavy (non-hydrogen) atoms. The predicted molar refractivity (Wildman–Crippen MR) is 81.2 cm³/mol. The summed E-state index contributed by atoms with van der Waals surface area (Å²) < 4.78 is 0. The predicted octanol–water partition coefficient (Wildman–Crippen LogP) is 1.52. The van der Waals surface area contributed by atoms with Crippen LogP contribution in [0.1, 0.15) is 41.1 Å². The molecule has 4 N–H and O–H groups in total. The van der Waals surface area contributed by atoms with Gasteiger partial charge in [0.2, 0.25) is 5.91 Å². The summed E-state index contributed by atoms with van der Waals surface area (Å²) in [5.41, 5.74) is 7.17. The highest BCUT2D eigenvalue weighted by atomic mass is 32.1. The van der Waals surface area contributed by atoms with Gasteiger partial charge >= 0.3 is 0 Å². The van der Waals surface area contributed by atoms with Crippen LogP contribution in [-0.2, 0) is 17.6 Å². The Morgan fingerprint density at radius 2 is 2.20 bits per heavy atom.